The predicted molar refractivity (Wildman–Crippen MR) is 125 cm³/mol. The first kappa shape index (κ1) is 22.6. The molecule has 1 aliphatic heterocycles. The first-order valence-corrected chi connectivity index (χ1v) is 11.1. The lowest BCUT2D eigenvalue weighted by Gasteiger charge is -2.20. The zero-order valence-corrected chi connectivity index (χ0v) is 18.5. The molecule has 0 radical (unpaired) electrons. The molecule has 31 heavy (non-hydrogen) atoms. The number of aromatic amines is 1. The third kappa shape index (κ3) is 5.33. The van der Waals surface area contributed by atoms with Gasteiger partial charge >= 0.3 is 0 Å². The number of carbonyl (C=O) groups excluding carboxylic acids is 2. The van der Waals surface area contributed by atoms with Gasteiger partial charge in [0.05, 0.1) is 24.0 Å². The number of anilines is 1. The fourth-order valence-corrected chi connectivity index (χ4v) is 4.14. The van der Waals surface area contributed by atoms with E-state index in [-0.39, 0.29) is 11.8 Å². The Morgan fingerprint density at radius 2 is 2.00 bits per heavy atom. The van der Waals surface area contributed by atoms with E-state index in [1.54, 1.807) is 12.3 Å². The van der Waals surface area contributed by atoms with Crippen molar-refractivity contribution in [3.63, 3.8) is 0 Å². The molecular weight excluding hydrogens is 390 g/mol. The highest BCUT2D eigenvalue weighted by molar-refractivity contribution is 6.16. The fraction of sp³-hybridized carbons (Fsp3) is 0.458. The summed E-state index contributed by atoms with van der Waals surface area (Å²) in [6, 6.07) is 3.57. The van der Waals surface area contributed by atoms with Crippen molar-refractivity contribution in [1.29, 1.82) is 0 Å². The zero-order chi connectivity index (χ0) is 22.2. The van der Waals surface area contributed by atoms with Gasteiger partial charge in [0.25, 0.3) is 5.91 Å². The summed E-state index contributed by atoms with van der Waals surface area (Å²) in [5, 5.41) is 10.7. The van der Waals surface area contributed by atoms with E-state index in [1.165, 1.54) is 19.3 Å². The quantitative estimate of drug-likeness (QED) is 0.566. The maximum Gasteiger partial charge on any atom is 0.272 e. The summed E-state index contributed by atoms with van der Waals surface area (Å²) in [6.45, 7) is 4.55. The summed E-state index contributed by atoms with van der Waals surface area (Å²) in [5.41, 5.74) is 5.82. The van der Waals surface area contributed by atoms with Crippen LogP contribution in [0.5, 0.6) is 0 Å². The zero-order valence-electron chi connectivity index (χ0n) is 18.5. The maximum atomic E-state index is 12.6. The van der Waals surface area contributed by atoms with Crippen LogP contribution in [-0.4, -0.2) is 36.6 Å². The molecule has 0 spiro atoms. The van der Waals surface area contributed by atoms with Crippen molar-refractivity contribution in [3.05, 3.63) is 29.0 Å². The van der Waals surface area contributed by atoms with E-state index in [0.29, 0.717) is 35.8 Å². The predicted octanol–water partition coefficient (Wildman–Crippen LogP) is 3.75. The number of carbonyl (C=O) groups is 2. The highest BCUT2D eigenvalue weighted by Gasteiger charge is 2.22. The minimum atomic E-state index is -0.304. The van der Waals surface area contributed by atoms with E-state index in [4.69, 9.17) is 0 Å². The van der Waals surface area contributed by atoms with Gasteiger partial charge in [-0.2, -0.15) is 5.10 Å². The number of H-pyrrole nitrogens is 1. The fourth-order valence-electron chi connectivity index (χ4n) is 4.14. The highest BCUT2D eigenvalue weighted by Crippen LogP contribution is 2.31. The van der Waals surface area contributed by atoms with Crippen molar-refractivity contribution in [3.8, 4) is 11.8 Å². The van der Waals surface area contributed by atoms with Gasteiger partial charge in [-0.05, 0) is 43.9 Å². The molecule has 2 heterocycles. The number of benzene rings is 1. The standard InChI is InChI=1S/C22H25N5O2.C2H6/c1-23-9-5-8-18-17-13-24-27-22(29)16-11-15(12-19(26-18)21(16)17)25-20(28)10-14-6-3-2-4-7-14;1-2/h11-14,23,26H,2-4,6-7,9-10H2,1H3,(H,25,28)(H,27,29);1-2H3. The molecule has 1 aromatic heterocycles. The van der Waals surface area contributed by atoms with Crippen molar-refractivity contribution >= 4 is 34.6 Å². The van der Waals surface area contributed by atoms with E-state index in [0.717, 1.165) is 29.3 Å². The van der Waals surface area contributed by atoms with Gasteiger partial charge in [-0.15, -0.1) is 0 Å². The third-order valence-corrected chi connectivity index (χ3v) is 5.50. The average molecular weight is 422 g/mol. The van der Waals surface area contributed by atoms with E-state index < -0.39 is 0 Å². The van der Waals surface area contributed by atoms with Crippen LogP contribution < -0.4 is 16.1 Å². The molecule has 1 fully saturated rings. The first-order valence-electron chi connectivity index (χ1n) is 11.1. The van der Waals surface area contributed by atoms with E-state index in [2.05, 4.69) is 38.0 Å². The van der Waals surface area contributed by atoms with Gasteiger partial charge in [0.2, 0.25) is 5.91 Å². The van der Waals surface area contributed by atoms with Crippen LogP contribution in [0.1, 0.15) is 74.0 Å². The van der Waals surface area contributed by atoms with Crippen LogP contribution >= 0.6 is 0 Å². The van der Waals surface area contributed by atoms with E-state index in [9.17, 15) is 9.59 Å². The van der Waals surface area contributed by atoms with Crippen molar-refractivity contribution in [1.82, 2.24) is 15.7 Å². The van der Waals surface area contributed by atoms with Gasteiger partial charge in [-0.25, -0.2) is 5.43 Å². The molecule has 1 saturated carbocycles. The van der Waals surface area contributed by atoms with Gasteiger partial charge in [-0.3, -0.25) is 9.59 Å². The van der Waals surface area contributed by atoms with Gasteiger partial charge in [-0.1, -0.05) is 39.0 Å². The number of nitrogens with one attached hydrogen (secondary N) is 4. The molecule has 164 valence electrons. The van der Waals surface area contributed by atoms with Crippen LogP contribution in [0.4, 0.5) is 5.69 Å². The van der Waals surface area contributed by atoms with Gasteiger partial charge in [0.1, 0.15) is 0 Å². The Hall–Kier alpha value is -3.11. The summed E-state index contributed by atoms with van der Waals surface area (Å²) >= 11 is 0. The summed E-state index contributed by atoms with van der Waals surface area (Å²) in [5.74, 6) is 6.26. The smallest absolute Gasteiger partial charge is 0.272 e. The number of aromatic nitrogens is 1. The highest BCUT2D eigenvalue weighted by atomic mass is 16.2. The molecule has 7 nitrogen and oxygen atoms in total. The Balaban J connectivity index is 0.00000132. The minimum absolute atomic E-state index is 0.00505. The van der Waals surface area contributed by atoms with Crippen LogP contribution in [0.3, 0.4) is 0 Å². The second kappa shape index (κ2) is 10.8. The summed E-state index contributed by atoms with van der Waals surface area (Å²) in [6.07, 6.45) is 8.05. The molecule has 0 atom stereocenters. The minimum Gasteiger partial charge on any atom is -0.347 e. The van der Waals surface area contributed by atoms with Gasteiger partial charge < -0.3 is 15.6 Å². The van der Waals surface area contributed by atoms with E-state index >= 15 is 0 Å². The Bertz CT molecular complexity index is 1040. The first-order chi connectivity index (χ1) is 15.2. The topological polar surface area (TPSA) is 98.4 Å². The monoisotopic (exact) mass is 421 g/mol. The van der Waals surface area contributed by atoms with Gasteiger partial charge in [0.15, 0.2) is 0 Å². The summed E-state index contributed by atoms with van der Waals surface area (Å²) in [4.78, 5) is 28.3. The molecule has 1 aromatic carbocycles. The summed E-state index contributed by atoms with van der Waals surface area (Å²) in [7, 11) is 1.83. The number of hydrazone groups is 1. The molecule has 7 heteroatoms. The van der Waals surface area contributed by atoms with Crippen LogP contribution in [0, 0.1) is 17.8 Å². The molecule has 0 unspecified atom stereocenters. The molecular formula is C24H31N5O2. The Kier molecular flexibility index (Phi) is 7.85. The SMILES string of the molecule is CC.CNCC#Cc1[nH]c2cc(NC(=O)CC3CCCCC3)cc3c2c1C=NNC3=O. The molecule has 0 bridgehead atoms. The Labute approximate surface area is 183 Å². The average Bonchev–Trinajstić information content (AvgIpc) is 3.02. The number of hydrogen-bond acceptors (Lipinski definition) is 4. The van der Waals surface area contributed by atoms with Gasteiger partial charge in [0, 0.05) is 28.6 Å². The lowest BCUT2D eigenvalue weighted by Crippen LogP contribution is -2.19. The van der Waals surface area contributed by atoms with Crippen molar-refractivity contribution in [2.45, 2.75) is 52.4 Å². The Morgan fingerprint density at radius 3 is 2.74 bits per heavy atom. The van der Waals surface area contributed by atoms with Crippen molar-refractivity contribution in [2.75, 3.05) is 18.9 Å². The normalized spacial score (nSPS) is 15.3. The molecule has 4 rings (SSSR count). The second-order valence-corrected chi connectivity index (χ2v) is 7.65. The third-order valence-electron chi connectivity index (χ3n) is 5.50. The molecule has 2 amide bonds. The summed E-state index contributed by atoms with van der Waals surface area (Å²) < 4.78 is 0. The lowest BCUT2D eigenvalue weighted by molar-refractivity contribution is -0.117. The molecule has 1 aliphatic carbocycles. The van der Waals surface area contributed by atoms with Crippen LogP contribution in [0.15, 0.2) is 17.2 Å². The van der Waals surface area contributed by atoms with E-state index in [1.807, 2.05) is 27.0 Å². The van der Waals surface area contributed by atoms with Crippen LogP contribution in [-0.2, 0) is 4.79 Å². The molecule has 0 saturated heterocycles. The molecule has 2 aromatic rings. The maximum absolute atomic E-state index is 12.6. The van der Waals surface area contributed by atoms with Crippen molar-refractivity contribution < 1.29 is 9.59 Å². The number of nitrogens with zero attached hydrogens (tertiary/aromatic N) is 1. The number of rotatable bonds is 4. The van der Waals surface area contributed by atoms with Crippen LogP contribution in [0.25, 0.3) is 10.9 Å². The largest absolute Gasteiger partial charge is 0.347 e. The lowest BCUT2D eigenvalue weighted by atomic mass is 9.87. The number of hydrogen-bond donors (Lipinski definition) is 4. The Morgan fingerprint density at radius 1 is 1.23 bits per heavy atom. The second-order valence-electron chi connectivity index (χ2n) is 7.65. The molecule has 4 N–H and O–H groups in total. The van der Waals surface area contributed by atoms with Crippen LogP contribution in [0.2, 0.25) is 0 Å². The van der Waals surface area contributed by atoms with Crippen molar-refractivity contribution in [2.24, 2.45) is 11.0 Å². The number of amides is 2. The molecule has 2 aliphatic rings.